The second-order valence-electron chi connectivity index (χ2n) is 7.44. The molecule has 26 heavy (non-hydrogen) atoms. The molecule has 1 atom stereocenters. The van der Waals surface area contributed by atoms with Gasteiger partial charge in [0.2, 0.25) is 0 Å². The third-order valence-electron chi connectivity index (χ3n) is 5.64. The van der Waals surface area contributed by atoms with E-state index in [-0.39, 0.29) is 12.1 Å². The number of carbonyl (C=O) groups is 1. The van der Waals surface area contributed by atoms with Crippen LogP contribution in [0.3, 0.4) is 0 Å². The molecule has 0 bridgehead atoms. The van der Waals surface area contributed by atoms with Gasteiger partial charge in [-0.15, -0.1) is 0 Å². The Kier molecular flexibility index (Phi) is 6.88. The van der Waals surface area contributed by atoms with Crippen LogP contribution < -0.4 is 5.32 Å². The number of piperazine rings is 2. The number of hydrogen-bond acceptors (Lipinski definition) is 4. The average molecular weight is 360 g/mol. The summed E-state index contributed by atoms with van der Waals surface area (Å²) in [5.74, 6) is 0. The molecule has 2 heterocycles. The minimum absolute atomic E-state index is 0.0383. The van der Waals surface area contributed by atoms with Gasteiger partial charge in [0.15, 0.2) is 0 Å². The molecule has 0 radical (unpaired) electrons. The number of benzene rings is 1. The van der Waals surface area contributed by atoms with Crippen LogP contribution in [-0.2, 0) is 0 Å². The molecule has 0 aliphatic carbocycles. The highest BCUT2D eigenvalue weighted by atomic mass is 16.2. The third-order valence-corrected chi connectivity index (χ3v) is 5.64. The standard InChI is InChI=1S/C20H33N5O/c1-3-23-13-15-25(16-14-23)20(26)21-19(18-7-5-4-6-8-18)17-24-11-9-22(2)10-12-24/h4-8,19H,3,9-17H2,1-2H3,(H,21,26). The minimum atomic E-state index is 0.0383. The highest BCUT2D eigenvalue weighted by molar-refractivity contribution is 5.75. The molecule has 2 aliphatic rings. The lowest BCUT2D eigenvalue weighted by molar-refractivity contribution is 0.127. The Morgan fingerprint density at radius 1 is 0.962 bits per heavy atom. The van der Waals surface area contributed by atoms with Crippen molar-refractivity contribution < 1.29 is 4.79 Å². The van der Waals surface area contributed by atoms with E-state index in [1.807, 2.05) is 11.0 Å². The van der Waals surface area contributed by atoms with E-state index in [1.54, 1.807) is 0 Å². The van der Waals surface area contributed by atoms with E-state index < -0.39 is 0 Å². The van der Waals surface area contributed by atoms with Crippen LogP contribution in [0.25, 0.3) is 0 Å². The molecular weight excluding hydrogens is 326 g/mol. The summed E-state index contributed by atoms with van der Waals surface area (Å²) in [6.07, 6.45) is 0. The predicted octanol–water partition coefficient (Wildman–Crippen LogP) is 1.32. The summed E-state index contributed by atoms with van der Waals surface area (Å²) in [6, 6.07) is 10.5. The number of nitrogens with one attached hydrogen (secondary N) is 1. The molecule has 144 valence electrons. The quantitative estimate of drug-likeness (QED) is 0.861. The number of carbonyl (C=O) groups excluding carboxylic acids is 1. The zero-order valence-corrected chi connectivity index (χ0v) is 16.2. The highest BCUT2D eigenvalue weighted by Gasteiger charge is 2.25. The summed E-state index contributed by atoms with van der Waals surface area (Å²) in [7, 11) is 2.17. The molecule has 1 aromatic rings. The van der Waals surface area contributed by atoms with Gasteiger partial charge in [-0.05, 0) is 19.2 Å². The molecule has 2 aliphatic heterocycles. The SMILES string of the molecule is CCN1CCN(C(=O)NC(CN2CCN(C)CC2)c2ccccc2)CC1. The number of hydrogen-bond donors (Lipinski definition) is 1. The van der Waals surface area contributed by atoms with Gasteiger partial charge >= 0.3 is 6.03 Å². The fourth-order valence-corrected chi connectivity index (χ4v) is 3.72. The molecule has 2 fully saturated rings. The molecule has 0 aromatic heterocycles. The number of nitrogens with zero attached hydrogens (tertiary/aromatic N) is 4. The van der Waals surface area contributed by atoms with Crippen molar-refractivity contribution >= 4 is 6.03 Å². The van der Waals surface area contributed by atoms with Crippen LogP contribution in [0.15, 0.2) is 30.3 Å². The monoisotopic (exact) mass is 359 g/mol. The summed E-state index contributed by atoms with van der Waals surface area (Å²) in [5, 5.41) is 3.31. The smallest absolute Gasteiger partial charge is 0.318 e. The summed E-state index contributed by atoms with van der Waals surface area (Å²) in [4.78, 5) is 22.0. The van der Waals surface area contributed by atoms with Crippen molar-refractivity contribution in [2.75, 3.05) is 72.5 Å². The zero-order valence-electron chi connectivity index (χ0n) is 16.2. The Morgan fingerprint density at radius 2 is 1.58 bits per heavy atom. The zero-order chi connectivity index (χ0) is 18.4. The van der Waals surface area contributed by atoms with Gasteiger partial charge in [0.05, 0.1) is 6.04 Å². The summed E-state index contributed by atoms with van der Waals surface area (Å²) >= 11 is 0. The van der Waals surface area contributed by atoms with Crippen molar-refractivity contribution in [2.45, 2.75) is 13.0 Å². The maximum absolute atomic E-state index is 12.8. The Hall–Kier alpha value is -1.63. The summed E-state index contributed by atoms with van der Waals surface area (Å²) < 4.78 is 0. The molecule has 3 rings (SSSR count). The van der Waals surface area contributed by atoms with Gasteiger partial charge < -0.3 is 20.0 Å². The maximum Gasteiger partial charge on any atom is 0.318 e. The summed E-state index contributed by atoms with van der Waals surface area (Å²) in [6.45, 7) is 12.0. The Balaban J connectivity index is 1.61. The van der Waals surface area contributed by atoms with Gasteiger partial charge in [-0.2, -0.15) is 0 Å². The van der Waals surface area contributed by atoms with E-state index >= 15 is 0 Å². The third kappa shape index (κ3) is 5.19. The Morgan fingerprint density at radius 3 is 2.19 bits per heavy atom. The first kappa shape index (κ1) is 19.1. The van der Waals surface area contributed by atoms with Crippen LogP contribution in [0, 0.1) is 0 Å². The van der Waals surface area contributed by atoms with Crippen molar-refractivity contribution in [3.05, 3.63) is 35.9 Å². The van der Waals surface area contributed by atoms with Crippen molar-refractivity contribution in [2.24, 2.45) is 0 Å². The second-order valence-corrected chi connectivity index (χ2v) is 7.44. The highest BCUT2D eigenvalue weighted by Crippen LogP contribution is 2.16. The van der Waals surface area contributed by atoms with Gasteiger partial charge in [-0.1, -0.05) is 37.3 Å². The van der Waals surface area contributed by atoms with Gasteiger partial charge in [0, 0.05) is 58.9 Å². The Bertz CT molecular complexity index is 551. The molecule has 2 amide bonds. The number of likely N-dealkylation sites (N-methyl/N-ethyl adjacent to an activating group) is 2. The van der Waals surface area contributed by atoms with E-state index in [9.17, 15) is 4.79 Å². The van der Waals surface area contributed by atoms with Crippen LogP contribution >= 0.6 is 0 Å². The normalized spacial score (nSPS) is 21.5. The largest absolute Gasteiger partial charge is 0.330 e. The number of amides is 2. The second kappa shape index (κ2) is 9.35. The van der Waals surface area contributed by atoms with Crippen LogP contribution in [0.4, 0.5) is 4.79 Å². The molecule has 1 N–H and O–H groups in total. The maximum atomic E-state index is 12.8. The Labute approximate surface area is 157 Å². The van der Waals surface area contributed by atoms with E-state index in [0.717, 1.165) is 65.4 Å². The lowest BCUT2D eigenvalue weighted by atomic mass is 10.1. The van der Waals surface area contributed by atoms with Crippen LogP contribution in [0.2, 0.25) is 0 Å². The molecule has 0 spiro atoms. The molecule has 1 unspecified atom stereocenters. The fourth-order valence-electron chi connectivity index (χ4n) is 3.72. The van der Waals surface area contributed by atoms with Gasteiger partial charge in [0.25, 0.3) is 0 Å². The summed E-state index contributed by atoms with van der Waals surface area (Å²) in [5.41, 5.74) is 1.19. The first-order valence-electron chi connectivity index (χ1n) is 9.89. The predicted molar refractivity (Wildman–Crippen MR) is 105 cm³/mol. The lowest BCUT2D eigenvalue weighted by Crippen LogP contribution is -2.53. The lowest BCUT2D eigenvalue weighted by Gasteiger charge is -2.37. The fraction of sp³-hybridized carbons (Fsp3) is 0.650. The van der Waals surface area contributed by atoms with E-state index in [1.165, 1.54) is 5.56 Å². The van der Waals surface area contributed by atoms with Gasteiger partial charge in [-0.3, -0.25) is 4.90 Å². The molecule has 0 saturated carbocycles. The van der Waals surface area contributed by atoms with Crippen LogP contribution in [-0.4, -0.2) is 98.1 Å². The van der Waals surface area contributed by atoms with Crippen molar-refractivity contribution in [1.29, 1.82) is 0 Å². The molecule has 6 heteroatoms. The molecule has 2 saturated heterocycles. The van der Waals surface area contributed by atoms with E-state index in [0.29, 0.717) is 0 Å². The van der Waals surface area contributed by atoms with Crippen LogP contribution in [0.5, 0.6) is 0 Å². The van der Waals surface area contributed by atoms with Crippen molar-refractivity contribution in [1.82, 2.24) is 24.9 Å². The van der Waals surface area contributed by atoms with Crippen LogP contribution in [0.1, 0.15) is 18.5 Å². The molecule has 6 nitrogen and oxygen atoms in total. The van der Waals surface area contributed by atoms with E-state index in [4.69, 9.17) is 0 Å². The topological polar surface area (TPSA) is 42.1 Å². The van der Waals surface area contributed by atoms with Crippen molar-refractivity contribution in [3.63, 3.8) is 0 Å². The number of rotatable bonds is 5. The first-order valence-corrected chi connectivity index (χ1v) is 9.89. The van der Waals surface area contributed by atoms with Gasteiger partial charge in [-0.25, -0.2) is 4.79 Å². The minimum Gasteiger partial charge on any atom is -0.330 e. The molecule has 1 aromatic carbocycles. The van der Waals surface area contributed by atoms with Gasteiger partial charge in [0.1, 0.15) is 0 Å². The van der Waals surface area contributed by atoms with Crippen molar-refractivity contribution in [3.8, 4) is 0 Å². The number of urea groups is 1. The van der Waals surface area contributed by atoms with E-state index in [2.05, 4.69) is 58.3 Å². The first-order chi connectivity index (χ1) is 12.7. The molecular formula is C20H33N5O. The average Bonchev–Trinajstić information content (AvgIpc) is 2.70.